The van der Waals surface area contributed by atoms with Crippen LogP contribution in [0.5, 0.6) is 0 Å². The SMILES string of the molecule is CC1OC2(c3ccc(Cl)c(Cl)c3)CC1N(C(C)C)C2. The summed E-state index contributed by atoms with van der Waals surface area (Å²) in [5, 5.41) is 1.21. The molecule has 3 rings (SSSR count). The summed E-state index contributed by atoms with van der Waals surface area (Å²) in [4.78, 5) is 2.54. The molecule has 2 bridgehead atoms. The van der Waals surface area contributed by atoms with Crippen molar-refractivity contribution in [1.29, 1.82) is 0 Å². The molecule has 3 atom stereocenters. The Hall–Kier alpha value is -0.280. The molecule has 2 heterocycles. The van der Waals surface area contributed by atoms with Crippen molar-refractivity contribution < 1.29 is 4.74 Å². The third-order valence-electron chi connectivity index (χ3n) is 4.47. The Bertz CT molecular complexity index is 505. The first-order valence-corrected chi connectivity index (χ1v) is 7.58. The van der Waals surface area contributed by atoms with Gasteiger partial charge in [-0.05, 0) is 44.9 Å². The average molecular weight is 300 g/mol. The number of fused-ring (bicyclic) bond motifs is 2. The lowest BCUT2D eigenvalue weighted by Crippen LogP contribution is -2.48. The molecular weight excluding hydrogens is 281 g/mol. The summed E-state index contributed by atoms with van der Waals surface area (Å²) in [6.07, 6.45) is 1.32. The standard InChI is InChI=1S/C15H19Cl2NO/c1-9(2)18-8-15(7-14(18)10(3)19-15)11-4-5-12(16)13(17)6-11/h4-6,9-10,14H,7-8H2,1-3H3. The number of benzene rings is 1. The van der Waals surface area contributed by atoms with Gasteiger partial charge >= 0.3 is 0 Å². The molecule has 3 unspecified atom stereocenters. The quantitative estimate of drug-likeness (QED) is 0.815. The predicted molar refractivity (Wildman–Crippen MR) is 78.9 cm³/mol. The van der Waals surface area contributed by atoms with E-state index in [2.05, 4.69) is 25.7 Å². The normalized spacial score (nSPS) is 34.4. The van der Waals surface area contributed by atoms with Gasteiger partial charge in [-0.25, -0.2) is 0 Å². The molecule has 1 aromatic carbocycles. The van der Waals surface area contributed by atoms with Crippen LogP contribution in [-0.2, 0) is 10.3 Å². The van der Waals surface area contributed by atoms with Gasteiger partial charge in [-0.1, -0.05) is 29.3 Å². The van der Waals surface area contributed by atoms with Gasteiger partial charge in [0.15, 0.2) is 0 Å². The topological polar surface area (TPSA) is 12.5 Å². The van der Waals surface area contributed by atoms with Crippen LogP contribution < -0.4 is 0 Å². The van der Waals surface area contributed by atoms with Crippen LogP contribution in [0.1, 0.15) is 32.8 Å². The molecule has 0 saturated carbocycles. The summed E-state index contributed by atoms with van der Waals surface area (Å²) in [5.74, 6) is 0. The number of rotatable bonds is 2. The minimum Gasteiger partial charge on any atom is -0.364 e. The minimum absolute atomic E-state index is 0.206. The van der Waals surface area contributed by atoms with E-state index in [0.717, 1.165) is 18.5 Å². The van der Waals surface area contributed by atoms with Gasteiger partial charge in [-0.2, -0.15) is 0 Å². The Morgan fingerprint density at radius 1 is 1.32 bits per heavy atom. The summed E-state index contributed by atoms with van der Waals surface area (Å²) >= 11 is 12.2. The molecule has 0 spiro atoms. The largest absolute Gasteiger partial charge is 0.364 e. The monoisotopic (exact) mass is 299 g/mol. The average Bonchev–Trinajstić information content (AvgIpc) is 2.88. The van der Waals surface area contributed by atoms with Crippen LogP contribution in [0.2, 0.25) is 10.0 Å². The van der Waals surface area contributed by atoms with E-state index in [1.807, 2.05) is 18.2 Å². The van der Waals surface area contributed by atoms with E-state index in [1.165, 1.54) is 0 Å². The molecule has 0 radical (unpaired) electrons. The smallest absolute Gasteiger partial charge is 0.108 e. The molecule has 2 aliphatic rings. The fourth-order valence-electron chi connectivity index (χ4n) is 3.51. The van der Waals surface area contributed by atoms with Crippen molar-refractivity contribution in [2.75, 3.05) is 6.54 Å². The van der Waals surface area contributed by atoms with Gasteiger partial charge in [0.05, 0.1) is 16.1 Å². The van der Waals surface area contributed by atoms with Gasteiger partial charge in [0, 0.05) is 18.6 Å². The fourth-order valence-corrected chi connectivity index (χ4v) is 3.81. The Morgan fingerprint density at radius 3 is 2.63 bits per heavy atom. The highest BCUT2D eigenvalue weighted by Gasteiger charge is 2.55. The fraction of sp³-hybridized carbons (Fsp3) is 0.600. The van der Waals surface area contributed by atoms with Gasteiger partial charge < -0.3 is 4.74 Å². The lowest BCUT2D eigenvalue weighted by molar-refractivity contribution is -0.0991. The Labute approximate surface area is 124 Å². The predicted octanol–water partition coefficient (Wildman–Crippen LogP) is 4.09. The first kappa shape index (κ1) is 13.7. The molecule has 2 fully saturated rings. The summed E-state index contributed by atoms with van der Waals surface area (Å²) in [6.45, 7) is 7.60. The van der Waals surface area contributed by atoms with E-state index in [0.29, 0.717) is 22.1 Å². The highest BCUT2D eigenvalue weighted by Crippen LogP contribution is 2.49. The first-order chi connectivity index (χ1) is 8.93. The molecule has 4 heteroatoms. The number of halogens is 2. The van der Waals surface area contributed by atoms with Gasteiger partial charge in [0.25, 0.3) is 0 Å². The van der Waals surface area contributed by atoms with Crippen molar-refractivity contribution in [1.82, 2.24) is 4.90 Å². The van der Waals surface area contributed by atoms with E-state index >= 15 is 0 Å². The summed E-state index contributed by atoms with van der Waals surface area (Å²) < 4.78 is 6.27. The number of likely N-dealkylation sites (tertiary alicyclic amines) is 1. The lowest BCUT2D eigenvalue weighted by Gasteiger charge is -2.38. The molecule has 2 saturated heterocycles. The van der Waals surface area contributed by atoms with Gasteiger partial charge in [-0.15, -0.1) is 0 Å². The van der Waals surface area contributed by atoms with Crippen molar-refractivity contribution >= 4 is 23.2 Å². The van der Waals surface area contributed by atoms with Gasteiger partial charge in [-0.3, -0.25) is 4.90 Å². The molecule has 104 valence electrons. The van der Waals surface area contributed by atoms with Crippen LogP contribution >= 0.6 is 23.2 Å². The number of morpholine rings is 1. The van der Waals surface area contributed by atoms with Crippen molar-refractivity contribution in [3.63, 3.8) is 0 Å². The number of hydrogen-bond acceptors (Lipinski definition) is 2. The van der Waals surface area contributed by atoms with Crippen LogP contribution in [0, 0.1) is 0 Å². The van der Waals surface area contributed by atoms with E-state index in [9.17, 15) is 0 Å². The lowest BCUT2D eigenvalue weighted by atomic mass is 9.93. The highest BCUT2D eigenvalue weighted by molar-refractivity contribution is 6.42. The minimum atomic E-state index is -0.206. The van der Waals surface area contributed by atoms with Crippen LogP contribution in [0.3, 0.4) is 0 Å². The second-order valence-corrected chi connectivity index (χ2v) is 6.80. The second kappa shape index (κ2) is 4.63. The zero-order valence-electron chi connectivity index (χ0n) is 11.5. The van der Waals surface area contributed by atoms with Crippen molar-refractivity contribution in [2.24, 2.45) is 0 Å². The molecule has 19 heavy (non-hydrogen) atoms. The van der Waals surface area contributed by atoms with Crippen LogP contribution in [-0.4, -0.2) is 29.6 Å². The molecule has 2 nitrogen and oxygen atoms in total. The van der Waals surface area contributed by atoms with E-state index in [4.69, 9.17) is 27.9 Å². The third-order valence-corrected chi connectivity index (χ3v) is 5.20. The molecule has 0 aromatic heterocycles. The maximum atomic E-state index is 6.27. The van der Waals surface area contributed by atoms with Gasteiger partial charge in [0.2, 0.25) is 0 Å². The van der Waals surface area contributed by atoms with Crippen LogP contribution in [0.4, 0.5) is 0 Å². The number of hydrogen-bond donors (Lipinski definition) is 0. The molecular formula is C15H19Cl2NO. The maximum absolute atomic E-state index is 6.27. The van der Waals surface area contributed by atoms with Crippen LogP contribution in [0.25, 0.3) is 0 Å². The molecule has 0 amide bonds. The summed E-state index contributed by atoms with van der Waals surface area (Å²) in [7, 11) is 0. The number of ether oxygens (including phenoxy) is 1. The maximum Gasteiger partial charge on any atom is 0.108 e. The summed E-state index contributed by atoms with van der Waals surface area (Å²) in [5.41, 5.74) is 0.946. The first-order valence-electron chi connectivity index (χ1n) is 6.82. The zero-order valence-corrected chi connectivity index (χ0v) is 13.0. The third kappa shape index (κ3) is 2.09. The van der Waals surface area contributed by atoms with E-state index < -0.39 is 0 Å². The van der Waals surface area contributed by atoms with Crippen LogP contribution in [0.15, 0.2) is 18.2 Å². The molecule has 1 aromatic rings. The highest BCUT2D eigenvalue weighted by atomic mass is 35.5. The molecule has 0 N–H and O–H groups in total. The van der Waals surface area contributed by atoms with Crippen molar-refractivity contribution in [3.8, 4) is 0 Å². The molecule has 2 aliphatic heterocycles. The van der Waals surface area contributed by atoms with Crippen molar-refractivity contribution in [2.45, 2.75) is 51.0 Å². The van der Waals surface area contributed by atoms with E-state index in [-0.39, 0.29) is 11.7 Å². The summed E-state index contributed by atoms with van der Waals surface area (Å²) in [6, 6.07) is 6.93. The Balaban J connectivity index is 1.98. The number of nitrogens with zero attached hydrogens (tertiary/aromatic N) is 1. The Morgan fingerprint density at radius 2 is 2.05 bits per heavy atom. The molecule has 0 aliphatic carbocycles. The Kier molecular flexibility index (Phi) is 3.33. The van der Waals surface area contributed by atoms with Gasteiger partial charge in [0.1, 0.15) is 5.60 Å². The zero-order chi connectivity index (χ0) is 13.8. The van der Waals surface area contributed by atoms with Crippen molar-refractivity contribution in [3.05, 3.63) is 33.8 Å². The van der Waals surface area contributed by atoms with E-state index in [1.54, 1.807) is 0 Å². The second-order valence-electron chi connectivity index (χ2n) is 5.98.